The zero-order valence-corrected chi connectivity index (χ0v) is 9.05. The highest BCUT2D eigenvalue weighted by Gasteiger charge is 2.25. The molecule has 0 radical (unpaired) electrons. The Labute approximate surface area is 88.0 Å². The molecule has 0 spiro atoms. The molecule has 78 valence electrons. The summed E-state index contributed by atoms with van der Waals surface area (Å²) in [7, 11) is 0. The van der Waals surface area contributed by atoms with Crippen molar-refractivity contribution in [3.05, 3.63) is 23.7 Å². The molecule has 1 fully saturated rings. The lowest BCUT2D eigenvalue weighted by atomic mass is 10.3. The van der Waals surface area contributed by atoms with Crippen molar-refractivity contribution in [2.24, 2.45) is 5.73 Å². The Hall–Kier alpha value is -0.450. The molecule has 2 N–H and O–H groups in total. The SMILES string of the molecule is Cc1ccc(C(CN)SC2COC2)o1. The molecule has 3 nitrogen and oxygen atoms in total. The molecule has 1 aliphatic heterocycles. The number of aryl methyl sites for hydroxylation is 1. The minimum atomic E-state index is 0.276. The summed E-state index contributed by atoms with van der Waals surface area (Å²) in [5.74, 6) is 1.94. The van der Waals surface area contributed by atoms with Gasteiger partial charge < -0.3 is 14.9 Å². The van der Waals surface area contributed by atoms with Crippen LogP contribution in [0.5, 0.6) is 0 Å². The third-order valence-electron chi connectivity index (χ3n) is 2.26. The molecule has 2 rings (SSSR count). The summed E-state index contributed by atoms with van der Waals surface area (Å²) >= 11 is 1.85. The van der Waals surface area contributed by atoms with Gasteiger partial charge in [-0.05, 0) is 19.1 Å². The summed E-state index contributed by atoms with van der Waals surface area (Å²) in [6, 6.07) is 4.00. The normalized spacial score (nSPS) is 19.3. The lowest BCUT2D eigenvalue weighted by Crippen LogP contribution is -2.32. The summed E-state index contributed by atoms with van der Waals surface area (Å²) < 4.78 is 10.7. The largest absolute Gasteiger partial charge is 0.465 e. The van der Waals surface area contributed by atoms with Gasteiger partial charge in [-0.1, -0.05) is 0 Å². The molecule has 2 heterocycles. The van der Waals surface area contributed by atoms with Gasteiger partial charge in [0, 0.05) is 6.54 Å². The number of hydrogen-bond donors (Lipinski definition) is 1. The van der Waals surface area contributed by atoms with Crippen molar-refractivity contribution in [2.75, 3.05) is 19.8 Å². The van der Waals surface area contributed by atoms with Crippen LogP contribution < -0.4 is 5.73 Å². The van der Waals surface area contributed by atoms with Gasteiger partial charge >= 0.3 is 0 Å². The summed E-state index contributed by atoms with van der Waals surface area (Å²) in [5, 5.41) is 0.867. The molecule has 1 aliphatic rings. The average molecular weight is 213 g/mol. The molecule has 1 atom stereocenters. The van der Waals surface area contributed by atoms with Gasteiger partial charge in [-0.2, -0.15) is 0 Å². The Kier molecular flexibility index (Phi) is 3.15. The quantitative estimate of drug-likeness (QED) is 0.827. The first-order valence-corrected chi connectivity index (χ1v) is 5.73. The van der Waals surface area contributed by atoms with Crippen LogP contribution in [0.1, 0.15) is 16.8 Å². The van der Waals surface area contributed by atoms with E-state index in [1.54, 1.807) is 0 Å². The van der Waals surface area contributed by atoms with Gasteiger partial charge in [0.1, 0.15) is 11.5 Å². The molecule has 1 aromatic rings. The highest BCUT2D eigenvalue weighted by atomic mass is 32.2. The molecule has 1 unspecified atom stereocenters. The van der Waals surface area contributed by atoms with Crippen molar-refractivity contribution < 1.29 is 9.15 Å². The molecule has 1 saturated heterocycles. The van der Waals surface area contributed by atoms with Crippen LogP contribution in [0.25, 0.3) is 0 Å². The summed E-state index contributed by atoms with van der Waals surface area (Å²) in [4.78, 5) is 0. The van der Waals surface area contributed by atoms with Crippen molar-refractivity contribution >= 4 is 11.8 Å². The summed E-state index contributed by atoms with van der Waals surface area (Å²) in [6.45, 7) is 4.27. The number of furan rings is 1. The third-order valence-corrected chi connectivity index (χ3v) is 3.67. The maximum Gasteiger partial charge on any atom is 0.118 e. The van der Waals surface area contributed by atoms with Crippen LogP contribution in [0, 0.1) is 6.92 Å². The van der Waals surface area contributed by atoms with Crippen LogP contribution in [-0.2, 0) is 4.74 Å². The van der Waals surface area contributed by atoms with Crippen LogP contribution >= 0.6 is 11.8 Å². The molecule has 0 aromatic carbocycles. The second kappa shape index (κ2) is 4.38. The number of ether oxygens (including phenoxy) is 1. The Morgan fingerprint density at radius 1 is 1.57 bits per heavy atom. The van der Waals surface area contributed by atoms with E-state index in [0.29, 0.717) is 11.8 Å². The van der Waals surface area contributed by atoms with E-state index in [-0.39, 0.29) is 5.25 Å². The first kappa shape index (κ1) is 10.1. The fourth-order valence-electron chi connectivity index (χ4n) is 1.39. The Morgan fingerprint density at radius 2 is 2.36 bits per heavy atom. The van der Waals surface area contributed by atoms with E-state index in [4.69, 9.17) is 14.9 Å². The fourth-order valence-corrected chi connectivity index (χ4v) is 2.58. The second-order valence-electron chi connectivity index (χ2n) is 3.47. The lowest BCUT2D eigenvalue weighted by molar-refractivity contribution is 0.0452. The number of hydrogen-bond acceptors (Lipinski definition) is 4. The van der Waals surface area contributed by atoms with E-state index in [9.17, 15) is 0 Å². The first-order valence-electron chi connectivity index (χ1n) is 4.79. The molecule has 0 saturated carbocycles. The summed E-state index contributed by atoms with van der Waals surface area (Å²) in [5.41, 5.74) is 5.72. The molecule has 0 amide bonds. The van der Waals surface area contributed by atoms with E-state index in [1.165, 1.54) is 0 Å². The Bertz CT molecular complexity index is 296. The first-order chi connectivity index (χ1) is 6.79. The monoisotopic (exact) mass is 213 g/mol. The average Bonchev–Trinajstić information content (AvgIpc) is 2.50. The van der Waals surface area contributed by atoms with Crippen molar-refractivity contribution in [3.8, 4) is 0 Å². The van der Waals surface area contributed by atoms with Crippen LogP contribution in [0.4, 0.5) is 0 Å². The number of thioether (sulfide) groups is 1. The molecular weight excluding hydrogens is 198 g/mol. The van der Waals surface area contributed by atoms with Crippen molar-refractivity contribution in [1.29, 1.82) is 0 Å². The van der Waals surface area contributed by atoms with Gasteiger partial charge in [0.2, 0.25) is 0 Å². The van der Waals surface area contributed by atoms with Crippen LogP contribution in [0.3, 0.4) is 0 Å². The molecule has 1 aromatic heterocycles. The van der Waals surface area contributed by atoms with Gasteiger partial charge in [-0.3, -0.25) is 0 Å². The van der Waals surface area contributed by atoms with Crippen molar-refractivity contribution in [1.82, 2.24) is 0 Å². The topological polar surface area (TPSA) is 48.4 Å². The van der Waals surface area contributed by atoms with Gasteiger partial charge in [-0.15, -0.1) is 11.8 Å². The molecule has 4 heteroatoms. The predicted octanol–water partition coefficient (Wildman–Crippen LogP) is 1.72. The zero-order valence-electron chi connectivity index (χ0n) is 8.23. The zero-order chi connectivity index (χ0) is 9.97. The van der Waals surface area contributed by atoms with E-state index in [1.807, 2.05) is 30.8 Å². The predicted molar refractivity (Wildman–Crippen MR) is 57.4 cm³/mol. The third kappa shape index (κ3) is 2.13. The summed E-state index contributed by atoms with van der Waals surface area (Å²) in [6.07, 6.45) is 0. The maximum absolute atomic E-state index is 5.72. The van der Waals surface area contributed by atoms with Gasteiger partial charge in [0.05, 0.1) is 23.7 Å². The van der Waals surface area contributed by atoms with E-state index in [2.05, 4.69) is 0 Å². The van der Waals surface area contributed by atoms with Gasteiger partial charge in [0.25, 0.3) is 0 Å². The second-order valence-corrected chi connectivity index (χ2v) is 4.98. The molecule has 14 heavy (non-hydrogen) atoms. The van der Waals surface area contributed by atoms with Crippen molar-refractivity contribution in [3.63, 3.8) is 0 Å². The van der Waals surface area contributed by atoms with E-state index >= 15 is 0 Å². The highest BCUT2D eigenvalue weighted by molar-refractivity contribution is 8.00. The van der Waals surface area contributed by atoms with Crippen molar-refractivity contribution in [2.45, 2.75) is 17.4 Å². The van der Waals surface area contributed by atoms with Gasteiger partial charge in [-0.25, -0.2) is 0 Å². The highest BCUT2D eigenvalue weighted by Crippen LogP contribution is 2.35. The Morgan fingerprint density at radius 3 is 2.79 bits per heavy atom. The van der Waals surface area contributed by atoms with Crippen LogP contribution in [0.15, 0.2) is 16.5 Å². The van der Waals surface area contributed by atoms with E-state index in [0.717, 1.165) is 24.7 Å². The van der Waals surface area contributed by atoms with Crippen LogP contribution in [-0.4, -0.2) is 25.0 Å². The molecule has 0 aliphatic carbocycles. The van der Waals surface area contributed by atoms with Gasteiger partial charge in [0.15, 0.2) is 0 Å². The number of nitrogens with two attached hydrogens (primary N) is 1. The maximum atomic E-state index is 5.72. The van der Waals surface area contributed by atoms with E-state index < -0.39 is 0 Å². The molecule has 0 bridgehead atoms. The fraction of sp³-hybridized carbons (Fsp3) is 0.600. The lowest BCUT2D eigenvalue weighted by Gasteiger charge is -2.28. The minimum absolute atomic E-state index is 0.276. The number of rotatable bonds is 4. The molecular formula is C10H15NO2S. The van der Waals surface area contributed by atoms with Crippen LogP contribution in [0.2, 0.25) is 0 Å². The smallest absolute Gasteiger partial charge is 0.118 e. The Balaban J connectivity index is 1.97. The minimum Gasteiger partial charge on any atom is -0.465 e. The standard InChI is InChI=1S/C10H15NO2S/c1-7-2-3-9(13-7)10(4-11)14-8-5-12-6-8/h2-3,8,10H,4-6,11H2,1H3.